The molecule has 0 aliphatic heterocycles. The van der Waals surface area contributed by atoms with E-state index in [4.69, 9.17) is 10.8 Å². The molecule has 0 saturated heterocycles. The van der Waals surface area contributed by atoms with Gasteiger partial charge in [0.15, 0.2) is 0 Å². The molecule has 1 aromatic rings. The van der Waals surface area contributed by atoms with E-state index >= 15 is 0 Å². The van der Waals surface area contributed by atoms with Crippen molar-refractivity contribution >= 4 is 5.97 Å². The second-order valence-corrected chi connectivity index (χ2v) is 3.75. The predicted octanol–water partition coefficient (Wildman–Crippen LogP) is 1.20. The molecule has 1 aromatic carbocycles. The van der Waals surface area contributed by atoms with Gasteiger partial charge in [0.05, 0.1) is 5.56 Å². The standard InChI is InChI=1S/C11H13NO2/c12-8-5-4-7-2-1-3-9(11(13)14)10(7)6-8/h1-3,8H,4-6,12H2,(H,13,14)/t8-/m1/s1. The maximum absolute atomic E-state index is 10.9. The van der Waals surface area contributed by atoms with Crippen molar-refractivity contribution in [2.24, 2.45) is 5.73 Å². The fourth-order valence-electron chi connectivity index (χ4n) is 2.02. The topological polar surface area (TPSA) is 63.3 Å². The molecule has 3 nitrogen and oxygen atoms in total. The summed E-state index contributed by atoms with van der Waals surface area (Å²) in [5.41, 5.74) is 8.31. The van der Waals surface area contributed by atoms with Crippen LogP contribution in [0.4, 0.5) is 0 Å². The fraction of sp³-hybridized carbons (Fsp3) is 0.364. The van der Waals surface area contributed by atoms with Crippen LogP contribution in [0.5, 0.6) is 0 Å². The van der Waals surface area contributed by atoms with Crippen LogP contribution in [0.3, 0.4) is 0 Å². The summed E-state index contributed by atoms with van der Waals surface area (Å²) in [4.78, 5) is 10.9. The summed E-state index contributed by atoms with van der Waals surface area (Å²) in [7, 11) is 0. The van der Waals surface area contributed by atoms with Gasteiger partial charge >= 0.3 is 5.97 Å². The third-order valence-electron chi connectivity index (χ3n) is 2.75. The number of carboxylic acid groups (broad SMARTS) is 1. The Morgan fingerprint density at radius 3 is 3.00 bits per heavy atom. The van der Waals surface area contributed by atoms with Gasteiger partial charge in [-0.3, -0.25) is 0 Å². The van der Waals surface area contributed by atoms with Crippen molar-refractivity contribution in [2.75, 3.05) is 0 Å². The lowest BCUT2D eigenvalue weighted by Crippen LogP contribution is -2.29. The molecule has 0 bridgehead atoms. The molecular formula is C11H13NO2. The van der Waals surface area contributed by atoms with Gasteiger partial charge in [0, 0.05) is 6.04 Å². The first-order valence-electron chi connectivity index (χ1n) is 4.78. The number of carboxylic acids is 1. The third-order valence-corrected chi connectivity index (χ3v) is 2.75. The van der Waals surface area contributed by atoms with Crippen LogP contribution in [0.1, 0.15) is 27.9 Å². The number of aromatic carboxylic acids is 1. The molecule has 3 N–H and O–H groups in total. The van der Waals surface area contributed by atoms with Gasteiger partial charge in [-0.2, -0.15) is 0 Å². The molecule has 0 fully saturated rings. The molecule has 1 aliphatic carbocycles. The molecule has 0 unspecified atom stereocenters. The minimum Gasteiger partial charge on any atom is -0.478 e. The number of nitrogens with two attached hydrogens (primary N) is 1. The summed E-state index contributed by atoms with van der Waals surface area (Å²) < 4.78 is 0. The van der Waals surface area contributed by atoms with Crippen LogP contribution in [0.15, 0.2) is 18.2 Å². The zero-order valence-electron chi connectivity index (χ0n) is 7.86. The van der Waals surface area contributed by atoms with Crippen molar-refractivity contribution in [1.29, 1.82) is 0 Å². The number of aryl methyl sites for hydroxylation is 1. The molecule has 1 atom stereocenters. The minimum atomic E-state index is -0.851. The summed E-state index contributed by atoms with van der Waals surface area (Å²) in [6.07, 6.45) is 2.55. The highest BCUT2D eigenvalue weighted by Gasteiger charge is 2.20. The molecule has 0 amide bonds. The largest absolute Gasteiger partial charge is 0.478 e. The summed E-state index contributed by atoms with van der Waals surface area (Å²) in [5, 5.41) is 8.99. The zero-order valence-corrected chi connectivity index (χ0v) is 7.86. The monoisotopic (exact) mass is 191 g/mol. The maximum Gasteiger partial charge on any atom is 0.335 e. The van der Waals surface area contributed by atoms with E-state index < -0.39 is 5.97 Å². The van der Waals surface area contributed by atoms with E-state index in [0.717, 1.165) is 24.0 Å². The second kappa shape index (κ2) is 3.42. The molecular weight excluding hydrogens is 178 g/mol. The van der Waals surface area contributed by atoms with Crippen molar-refractivity contribution in [3.63, 3.8) is 0 Å². The molecule has 0 aromatic heterocycles. The van der Waals surface area contributed by atoms with Crippen molar-refractivity contribution < 1.29 is 9.90 Å². The van der Waals surface area contributed by atoms with E-state index in [1.165, 1.54) is 0 Å². The smallest absolute Gasteiger partial charge is 0.335 e. The number of hydrogen-bond donors (Lipinski definition) is 2. The lowest BCUT2D eigenvalue weighted by molar-refractivity contribution is 0.0695. The number of hydrogen-bond acceptors (Lipinski definition) is 2. The Hall–Kier alpha value is -1.35. The van der Waals surface area contributed by atoms with Gasteiger partial charge in [0.1, 0.15) is 0 Å². The van der Waals surface area contributed by atoms with Gasteiger partial charge in [-0.1, -0.05) is 12.1 Å². The van der Waals surface area contributed by atoms with E-state index in [1.54, 1.807) is 12.1 Å². The van der Waals surface area contributed by atoms with Crippen molar-refractivity contribution in [2.45, 2.75) is 25.3 Å². The molecule has 1 aliphatic rings. The Morgan fingerprint density at radius 2 is 2.29 bits per heavy atom. The number of fused-ring (bicyclic) bond motifs is 1. The van der Waals surface area contributed by atoms with E-state index in [-0.39, 0.29) is 6.04 Å². The first-order chi connectivity index (χ1) is 6.68. The van der Waals surface area contributed by atoms with Gasteiger partial charge in [0.2, 0.25) is 0 Å². The van der Waals surface area contributed by atoms with Crippen molar-refractivity contribution in [3.05, 3.63) is 34.9 Å². The molecule has 14 heavy (non-hydrogen) atoms. The number of carbonyl (C=O) groups is 1. The van der Waals surface area contributed by atoms with Crippen LogP contribution < -0.4 is 5.73 Å². The van der Waals surface area contributed by atoms with Gasteiger partial charge < -0.3 is 10.8 Å². The molecule has 0 spiro atoms. The van der Waals surface area contributed by atoms with Gasteiger partial charge in [-0.15, -0.1) is 0 Å². The predicted molar refractivity (Wildman–Crippen MR) is 53.4 cm³/mol. The highest BCUT2D eigenvalue weighted by molar-refractivity contribution is 5.89. The van der Waals surface area contributed by atoms with Crippen molar-refractivity contribution in [1.82, 2.24) is 0 Å². The second-order valence-electron chi connectivity index (χ2n) is 3.75. The third kappa shape index (κ3) is 1.51. The van der Waals surface area contributed by atoms with E-state index in [1.807, 2.05) is 6.07 Å². The van der Waals surface area contributed by atoms with E-state index in [2.05, 4.69) is 0 Å². The molecule has 2 rings (SSSR count). The average Bonchev–Trinajstić information content (AvgIpc) is 2.16. The van der Waals surface area contributed by atoms with Crippen LogP contribution in [0.25, 0.3) is 0 Å². The lowest BCUT2D eigenvalue weighted by Gasteiger charge is -2.22. The van der Waals surface area contributed by atoms with Crippen molar-refractivity contribution in [3.8, 4) is 0 Å². The SMILES string of the molecule is N[C@@H]1CCc2cccc(C(=O)O)c2C1. The van der Waals surface area contributed by atoms with Crippen LogP contribution in [-0.2, 0) is 12.8 Å². The first-order valence-corrected chi connectivity index (χ1v) is 4.78. The van der Waals surface area contributed by atoms with Gasteiger partial charge in [-0.25, -0.2) is 4.79 Å². The number of benzene rings is 1. The van der Waals surface area contributed by atoms with Crippen LogP contribution in [0.2, 0.25) is 0 Å². The van der Waals surface area contributed by atoms with E-state index in [0.29, 0.717) is 12.0 Å². The average molecular weight is 191 g/mol. The summed E-state index contributed by atoms with van der Waals surface area (Å²) >= 11 is 0. The molecule has 0 heterocycles. The molecule has 0 saturated carbocycles. The van der Waals surface area contributed by atoms with Crippen LogP contribution in [0, 0.1) is 0 Å². The number of rotatable bonds is 1. The Morgan fingerprint density at radius 1 is 1.50 bits per heavy atom. The van der Waals surface area contributed by atoms with Crippen LogP contribution >= 0.6 is 0 Å². The Balaban J connectivity index is 2.48. The maximum atomic E-state index is 10.9. The lowest BCUT2D eigenvalue weighted by atomic mass is 9.86. The Bertz CT molecular complexity index is 374. The van der Waals surface area contributed by atoms with Crippen LogP contribution in [-0.4, -0.2) is 17.1 Å². The normalized spacial score (nSPS) is 20.2. The summed E-state index contributed by atoms with van der Waals surface area (Å²) in [6, 6.07) is 5.56. The fourth-order valence-corrected chi connectivity index (χ4v) is 2.02. The molecule has 3 heteroatoms. The summed E-state index contributed by atoms with van der Waals surface area (Å²) in [5.74, 6) is -0.851. The molecule has 0 radical (unpaired) electrons. The van der Waals surface area contributed by atoms with Gasteiger partial charge in [0.25, 0.3) is 0 Å². The zero-order chi connectivity index (χ0) is 10.1. The molecule has 74 valence electrons. The highest BCUT2D eigenvalue weighted by atomic mass is 16.4. The highest BCUT2D eigenvalue weighted by Crippen LogP contribution is 2.23. The Kier molecular flexibility index (Phi) is 2.25. The minimum absolute atomic E-state index is 0.114. The Labute approximate surface area is 82.5 Å². The first kappa shape index (κ1) is 9.21. The van der Waals surface area contributed by atoms with Gasteiger partial charge in [-0.05, 0) is 36.5 Å². The quantitative estimate of drug-likeness (QED) is 0.701. The van der Waals surface area contributed by atoms with E-state index in [9.17, 15) is 4.79 Å². The summed E-state index contributed by atoms with van der Waals surface area (Å²) in [6.45, 7) is 0.